The van der Waals surface area contributed by atoms with Crippen LogP contribution in [-0.4, -0.2) is 30.9 Å². The average molecular weight is 456 g/mol. The number of aryl methyl sites for hydroxylation is 3. The molecule has 3 rings (SSSR count). The molecule has 0 amide bonds. The molecule has 0 spiro atoms. The van der Waals surface area contributed by atoms with E-state index in [9.17, 15) is 4.57 Å². The molecule has 0 radical (unpaired) electrons. The molecule has 2 aromatic heterocycles. The van der Waals surface area contributed by atoms with Crippen LogP contribution >= 0.6 is 7.60 Å². The molecule has 0 saturated carbocycles. The zero-order valence-corrected chi connectivity index (χ0v) is 19.7. The third kappa shape index (κ3) is 7.90. The Labute approximate surface area is 189 Å². The molecule has 0 unspecified atom stereocenters. The van der Waals surface area contributed by atoms with Gasteiger partial charge >= 0.3 is 7.60 Å². The van der Waals surface area contributed by atoms with Crippen LogP contribution in [0.15, 0.2) is 48.8 Å². The highest BCUT2D eigenvalue weighted by Gasteiger charge is 2.11. The molecule has 0 fully saturated rings. The first kappa shape index (κ1) is 24.2. The van der Waals surface area contributed by atoms with E-state index in [-0.39, 0.29) is 6.16 Å². The van der Waals surface area contributed by atoms with Crippen LogP contribution < -0.4 is 4.57 Å². The minimum Gasteiger partial charge on any atom is -0.324 e. The van der Waals surface area contributed by atoms with Crippen LogP contribution in [0.3, 0.4) is 0 Å². The van der Waals surface area contributed by atoms with E-state index >= 15 is 0 Å². The van der Waals surface area contributed by atoms with E-state index in [2.05, 4.69) is 56.2 Å². The van der Waals surface area contributed by atoms with E-state index < -0.39 is 7.60 Å². The van der Waals surface area contributed by atoms with Gasteiger partial charge in [-0.3, -0.25) is 4.57 Å². The molecule has 0 atom stereocenters. The average Bonchev–Trinajstić information content (AvgIpc) is 2.75. The Morgan fingerprint density at radius 3 is 1.81 bits per heavy atom. The molecule has 0 aliphatic rings. The topological polar surface area (TPSA) is 100 Å². The molecule has 170 valence electrons. The van der Waals surface area contributed by atoms with E-state index in [0.29, 0.717) is 12.2 Å². The van der Waals surface area contributed by atoms with Gasteiger partial charge in [0.1, 0.15) is 18.2 Å². The zero-order valence-electron chi connectivity index (χ0n) is 18.8. The maximum atomic E-state index is 10.8. The lowest BCUT2D eigenvalue weighted by atomic mass is 10.0. The second-order valence-electron chi connectivity index (χ2n) is 8.17. The molecular formula is C24H32N4O3P+. The van der Waals surface area contributed by atoms with E-state index in [4.69, 9.17) is 9.79 Å². The van der Waals surface area contributed by atoms with Gasteiger partial charge in [0.2, 0.25) is 0 Å². The minimum absolute atomic E-state index is 0.00871. The maximum absolute atomic E-state index is 10.8. The molecule has 7 nitrogen and oxygen atoms in total. The van der Waals surface area contributed by atoms with Crippen molar-refractivity contribution < 1.29 is 18.9 Å². The Hall–Kier alpha value is -2.47. The quantitative estimate of drug-likeness (QED) is 0.248. The third-order valence-electron chi connectivity index (χ3n) is 5.34. The summed E-state index contributed by atoms with van der Waals surface area (Å²) in [5.41, 5.74) is 3.30. The molecule has 2 heterocycles. The Balaban J connectivity index is 1.45. The Morgan fingerprint density at radius 2 is 1.22 bits per heavy atom. The van der Waals surface area contributed by atoms with Gasteiger partial charge in [0, 0.05) is 30.3 Å². The first-order chi connectivity index (χ1) is 15.3. The van der Waals surface area contributed by atoms with Crippen LogP contribution in [-0.2, 0) is 11.1 Å². The van der Waals surface area contributed by atoms with Gasteiger partial charge in [0.15, 0.2) is 18.2 Å². The highest BCUT2D eigenvalue weighted by molar-refractivity contribution is 7.51. The van der Waals surface area contributed by atoms with Gasteiger partial charge in [-0.1, -0.05) is 43.5 Å². The lowest BCUT2D eigenvalue weighted by molar-refractivity contribution is -0.697. The summed E-state index contributed by atoms with van der Waals surface area (Å²) < 4.78 is 13.0. The SMILES string of the molecule is Cc1nc(C)nc(-c2ccc(-c3cc[n+](CCCCCCCCP(=O)(O)O)cc3)cc2)n1. The normalized spacial score (nSPS) is 11.6. The predicted molar refractivity (Wildman–Crippen MR) is 125 cm³/mol. The molecule has 0 bridgehead atoms. The molecule has 0 aliphatic heterocycles. The largest absolute Gasteiger partial charge is 0.325 e. The Kier molecular flexibility index (Phi) is 8.62. The standard InChI is InChI=1S/C24H31N4O3P/c1-19-25-20(2)27-24(26-19)23-11-9-21(10-12-23)22-13-16-28(17-14-22)15-7-5-3-4-6-8-18-32(29,30)31/h9-14,16-17H,3-8,15,18H2,1-2H3,(H-,29,30,31)/p+1. The van der Waals surface area contributed by atoms with E-state index in [1.54, 1.807) is 0 Å². The molecule has 0 saturated heterocycles. The summed E-state index contributed by atoms with van der Waals surface area (Å²) in [4.78, 5) is 30.8. The molecule has 1 aromatic carbocycles. The van der Waals surface area contributed by atoms with Crippen molar-refractivity contribution in [2.45, 2.75) is 58.9 Å². The van der Waals surface area contributed by atoms with Crippen LogP contribution in [0.1, 0.15) is 50.2 Å². The third-order valence-corrected chi connectivity index (χ3v) is 6.24. The summed E-state index contributed by atoms with van der Waals surface area (Å²) in [6.45, 7) is 4.73. The monoisotopic (exact) mass is 455 g/mol. The number of benzene rings is 1. The fourth-order valence-electron chi connectivity index (χ4n) is 3.67. The van der Waals surface area contributed by atoms with Crippen molar-refractivity contribution >= 4 is 7.60 Å². The first-order valence-electron chi connectivity index (χ1n) is 11.1. The first-order valence-corrected chi connectivity index (χ1v) is 12.9. The number of unbranched alkanes of at least 4 members (excludes halogenated alkanes) is 5. The minimum atomic E-state index is -3.83. The molecular weight excluding hydrogens is 423 g/mol. The van der Waals surface area contributed by atoms with Crippen LogP contribution in [0.25, 0.3) is 22.5 Å². The predicted octanol–water partition coefficient (Wildman–Crippen LogP) is 4.63. The van der Waals surface area contributed by atoms with Crippen molar-refractivity contribution in [1.82, 2.24) is 15.0 Å². The molecule has 3 aromatic rings. The van der Waals surface area contributed by atoms with Gasteiger partial charge in [-0.15, -0.1) is 0 Å². The van der Waals surface area contributed by atoms with Crippen LogP contribution in [0, 0.1) is 13.8 Å². The second kappa shape index (κ2) is 11.4. The van der Waals surface area contributed by atoms with Gasteiger partial charge in [-0.05, 0) is 37.8 Å². The summed E-state index contributed by atoms with van der Waals surface area (Å²) in [6.07, 6.45) is 10.1. The zero-order chi connectivity index (χ0) is 23.0. The Morgan fingerprint density at radius 1 is 0.719 bits per heavy atom. The van der Waals surface area contributed by atoms with Crippen LogP contribution in [0.4, 0.5) is 0 Å². The van der Waals surface area contributed by atoms with E-state index in [1.165, 1.54) is 5.56 Å². The van der Waals surface area contributed by atoms with Crippen LogP contribution in [0.2, 0.25) is 0 Å². The van der Waals surface area contributed by atoms with Crippen molar-refractivity contribution in [3.05, 3.63) is 60.4 Å². The number of nitrogens with zero attached hydrogens (tertiary/aromatic N) is 4. The molecule has 32 heavy (non-hydrogen) atoms. The highest BCUT2D eigenvalue weighted by Crippen LogP contribution is 2.35. The fraction of sp³-hybridized carbons (Fsp3) is 0.417. The van der Waals surface area contributed by atoms with Crippen molar-refractivity contribution in [2.24, 2.45) is 0 Å². The van der Waals surface area contributed by atoms with Crippen molar-refractivity contribution in [3.63, 3.8) is 0 Å². The molecule has 2 N–H and O–H groups in total. The summed E-state index contributed by atoms with van der Waals surface area (Å²) in [7, 11) is -3.83. The van der Waals surface area contributed by atoms with Gasteiger partial charge in [-0.25, -0.2) is 19.5 Å². The number of aromatic nitrogens is 4. The maximum Gasteiger partial charge on any atom is 0.325 e. The van der Waals surface area contributed by atoms with Crippen LogP contribution in [0.5, 0.6) is 0 Å². The summed E-state index contributed by atoms with van der Waals surface area (Å²) in [6, 6.07) is 12.5. The smallest absolute Gasteiger partial charge is 0.324 e. The molecule has 0 aliphatic carbocycles. The van der Waals surface area contributed by atoms with E-state index in [1.807, 2.05) is 26.0 Å². The van der Waals surface area contributed by atoms with Crippen molar-refractivity contribution in [3.8, 4) is 22.5 Å². The number of hydrogen-bond donors (Lipinski definition) is 2. The van der Waals surface area contributed by atoms with Crippen molar-refractivity contribution in [1.29, 1.82) is 0 Å². The summed E-state index contributed by atoms with van der Waals surface area (Å²) >= 11 is 0. The van der Waals surface area contributed by atoms with E-state index in [0.717, 1.165) is 61.4 Å². The second-order valence-corrected chi connectivity index (χ2v) is 9.94. The van der Waals surface area contributed by atoms with Gasteiger partial charge in [-0.2, -0.15) is 0 Å². The molecule has 8 heteroatoms. The number of hydrogen-bond acceptors (Lipinski definition) is 4. The fourth-order valence-corrected chi connectivity index (χ4v) is 4.31. The van der Waals surface area contributed by atoms with Gasteiger partial charge in [0.25, 0.3) is 0 Å². The van der Waals surface area contributed by atoms with Crippen molar-refractivity contribution in [2.75, 3.05) is 6.16 Å². The lowest BCUT2D eigenvalue weighted by Gasteiger charge is -2.05. The number of pyridine rings is 1. The summed E-state index contributed by atoms with van der Waals surface area (Å²) in [5, 5.41) is 0. The summed E-state index contributed by atoms with van der Waals surface area (Å²) in [5.74, 6) is 2.16. The van der Waals surface area contributed by atoms with Gasteiger partial charge < -0.3 is 9.79 Å². The Bertz CT molecular complexity index is 1030. The highest BCUT2D eigenvalue weighted by atomic mass is 31.2. The lowest BCUT2D eigenvalue weighted by Crippen LogP contribution is -2.32. The van der Waals surface area contributed by atoms with Gasteiger partial charge in [0.05, 0.1) is 0 Å². The number of rotatable bonds is 11.